The Kier molecular flexibility index (Phi) is 4.05. The van der Waals surface area contributed by atoms with Crippen LogP contribution in [0, 0.1) is 5.82 Å². The van der Waals surface area contributed by atoms with Crippen molar-refractivity contribution in [2.75, 3.05) is 0 Å². The molecule has 0 heterocycles. The van der Waals surface area contributed by atoms with E-state index >= 15 is 0 Å². The van der Waals surface area contributed by atoms with Gasteiger partial charge in [0.15, 0.2) is 0 Å². The normalized spacial score (nSPS) is 16.6. The summed E-state index contributed by atoms with van der Waals surface area (Å²) in [4.78, 5) is -0.343. The van der Waals surface area contributed by atoms with E-state index in [0.29, 0.717) is 4.47 Å². The topological polar surface area (TPSA) is 72.2 Å². The lowest BCUT2D eigenvalue weighted by molar-refractivity contribution is 0.382. The van der Waals surface area contributed by atoms with Crippen molar-refractivity contribution < 1.29 is 12.8 Å². The van der Waals surface area contributed by atoms with E-state index in [2.05, 4.69) is 20.7 Å². The van der Waals surface area contributed by atoms with Gasteiger partial charge in [0.05, 0.1) is 0 Å². The second-order valence-electron chi connectivity index (χ2n) is 4.33. The van der Waals surface area contributed by atoms with E-state index in [1.165, 1.54) is 12.1 Å². The number of nitrogens with one attached hydrogen (secondary N) is 1. The van der Waals surface area contributed by atoms with Crippen LogP contribution in [0.3, 0.4) is 0 Å². The first-order chi connectivity index (χ1) is 8.44. The van der Waals surface area contributed by atoms with Crippen LogP contribution in [0.1, 0.15) is 24.8 Å². The lowest BCUT2D eigenvalue weighted by atomic mass is 9.94. The first-order valence-corrected chi connectivity index (χ1v) is 7.92. The Hall–Kier alpha value is -0.500. The van der Waals surface area contributed by atoms with E-state index in [-0.39, 0.29) is 23.0 Å². The average Bonchev–Trinajstić information content (AvgIpc) is 2.26. The molecule has 0 aromatic heterocycles. The zero-order valence-corrected chi connectivity index (χ0v) is 12.0. The summed E-state index contributed by atoms with van der Waals surface area (Å²) < 4.78 is 41.1. The molecule has 0 amide bonds. The number of nitrogens with two attached hydrogens (primary N) is 1. The van der Waals surface area contributed by atoms with Crippen LogP contribution < -0.4 is 10.5 Å². The van der Waals surface area contributed by atoms with Crippen LogP contribution in [-0.2, 0) is 16.6 Å². The second kappa shape index (κ2) is 5.24. The van der Waals surface area contributed by atoms with Gasteiger partial charge >= 0.3 is 0 Å². The molecule has 3 N–H and O–H groups in total. The highest BCUT2D eigenvalue weighted by Gasteiger charge is 2.27. The first kappa shape index (κ1) is 13.9. The minimum atomic E-state index is -3.82. The molecule has 1 aromatic rings. The summed E-state index contributed by atoms with van der Waals surface area (Å²) in [5, 5.41) is 0. The van der Waals surface area contributed by atoms with Crippen molar-refractivity contribution in [3.8, 4) is 0 Å². The Morgan fingerprint density at radius 2 is 2.11 bits per heavy atom. The van der Waals surface area contributed by atoms with Crippen LogP contribution in [0.2, 0.25) is 0 Å². The van der Waals surface area contributed by atoms with Gasteiger partial charge in [0.1, 0.15) is 10.7 Å². The van der Waals surface area contributed by atoms with Gasteiger partial charge < -0.3 is 5.73 Å². The SMILES string of the molecule is NCc1cc(Br)cc(S(=O)(=O)NC2CCC2)c1F. The minimum absolute atomic E-state index is 0.0444. The molecule has 18 heavy (non-hydrogen) atoms. The lowest BCUT2D eigenvalue weighted by Gasteiger charge is -2.26. The molecule has 4 nitrogen and oxygen atoms in total. The van der Waals surface area contributed by atoms with Gasteiger partial charge in [0.2, 0.25) is 10.0 Å². The molecule has 2 rings (SSSR count). The van der Waals surface area contributed by atoms with Crippen LogP contribution in [0.25, 0.3) is 0 Å². The fourth-order valence-electron chi connectivity index (χ4n) is 1.77. The molecule has 1 aliphatic carbocycles. The summed E-state index contributed by atoms with van der Waals surface area (Å²) in [6.45, 7) is -0.0444. The number of hydrogen-bond acceptors (Lipinski definition) is 3. The number of sulfonamides is 1. The molecule has 0 bridgehead atoms. The van der Waals surface area contributed by atoms with Gasteiger partial charge in [-0.2, -0.15) is 0 Å². The number of benzene rings is 1. The third kappa shape index (κ3) is 2.74. The third-order valence-electron chi connectivity index (χ3n) is 3.02. The zero-order chi connectivity index (χ0) is 13.3. The molecule has 100 valence electrons. The minimum Gasteiger partial charge on any atom is -0.326 e. The monoisotopic (exact) mass is 336 g/mol. The van der Waals surface area contributed by atoms with Crippen molar-refractivity contribution in [1.29, 1.82) is 0 Å². The van der Waals surface area contributed by atoms with Crippen molar-refractivity contribution in [1.82, 2.24) is 4.72 Å². The molecule has 0 radical (unpaired) electrons. The fraction of sp³-hybridized carbons (Fsp3) is 0.455. The first-order valence-electron chi connectivity index (χ1n) is 5.64. The predicted octanol–water partition coefficient (Wildman–Crippen LogP) is 1.88. The maximum atomic E-state index is 14.0. The highest BCUT2D eigenvalue weighted by molar-refractivity contribution is 9.10. The highest BCUT2D eigenvalue weighted by atomic mass is 79.9. The maximum Gasteiger partial charge on any atom is 0.243 e. The number of halogens is 2. The largest absolute Gasteiger partial charge is 0.326 e. The van der Waals surface area contributed by atoms with Crippen molar-refractivity contribution in [3.63, 3.8) is 0 Å². The fourth-order valence-corrected chi connectivity index (χ4v) is 3.88. The Bertz CT molecular complexity index is 558. The quantitative estimate of drug-likeness (QED) is 0.881. The molecular weight excluding hydrogens is 323 g/mol. The molecule has 1 aromatic carbocycles. The summed E-state index contributed by atoms with van der Waals surface area (Å²) in [5.41, 5.74) is 5.57. The Morgan fingerprint density at radius 3 is 2.61 bits per heavy atom. The van der Waals surface area contributed by atoms with E-state index in [1.54, 1.807) is 0 Å². The summed E-state index contributed by atoms with van der Waals surface area (Å²) in [6, 6.07) is 2.67. The molecule has 7 heteroatoms. The van der Waals surface area contributed by atoms with Gasteiger partial charge in [-0.15, -0.1) is 0 Å². The number of hydrogen-bond donors (Lipinski definition) is 2. The molecule has 0 saturated heterocycles. The zero-order valence-electron chi connectivity index (χ0n) is 9.62. The van der Waals surface area contributed by atoms with Crippen LogP contribution in [0.15, 0.2) is 21.5 Å². The van der Waals surface area contributed by atoms with Gasteiger partial charge in [-0.1, -0.05) is 22.4 Å². The van der Waals surface area contributed by atoms with Gasteiger partial charge in [0, 0.05) is 22.6 Å². The molecular formula is C11H14BrFN2O2S. The highest BCUT2D eigenvalue weighted by Crippen LogP contribution is 2.26. The molecule has 0 unspecified atom stereocenters. The van der Waals surface area contributed by atoms with Crippen LogP contribution >= 0.6 is 15.9 Å². The summed E-state index contributed by atoms with van der Waals surface area (Å²) >= 11 is 3.16. The van der Waals surface area contributed by atoms with Gasteiger partial charge in [-0.05, 0) is 25.0 Å². The predicted molar refractivity (Wildman–Crippen MR) is 70.0 cm³/mol. The molecule has 0 spiro atoms. The lowest BCUT2D eigenvalue weighted by Crippen LogP contribution is -2.39. The average molecular weight is 337 g/mol. The second-order valence-corrected chi connectivity index (χ2v) is 6.93. The van der Waals surface area contributed by atoms with E-state index in [4.69, 9.17) is 5.73 Å². The van der Waals surface area contributed by atoms with Crippen LogP contribution in [-0.4, -0.2) is 14.5 Å². The third-order valence-corrected chi connectivity index (χ3v) is 4.99. The standard InChI is InChI=1S/C11H14BrFN2O2S/c12-8-4-7(6-14)11(13)10(5-8)18(16,17)15-9-2-1-3-9/h4-5,9,15H,1-3,6,14H2. The summed E-state index contributed by atoms with van der Waals surface area (Å²) in [7, 11) is -3.82. The van der Waals surface area contributed by atoms with Gasteiger partial charge in [0.25, 0.3) is 0 Å². The van der Waals surface area contributed by atoms with Crippen molar-refractivity contribution in [3.05, 3.63) is 28.0 Å². The number of rotatable bonds is 4. The summed E-state index contributed by atoms with van der Waals surface area (Å²) in [5.74, 6) is -0.771. The molecule has 1 saturated carbocycles. The van der Waals surface area contributed by atoms with E-state index < -0.39 is 15.8 Å². The maximum absolute atomic E-state index is 14.0. The molecule has 0 aliphatic heterocycles. The van der Waals surface area contributed by atoms with E-state index in [0.717, 1.165) is 19.3 Å². The van der Waals surface area contributed by atoms with Crippen LogP contribution in [0.4, 0.5) is 4.39 Å². The molecule has 1 fully saturated rings. The smallest absolute Gasteiger partial charge is 0.243 e. The Morgan fingerprint density at radius 1 is 1.44 bits per heavy atom. The van der Waals surface area contributed by atoms with E-state index in [9.17, 15) is 12.8 Å². The van der Waals surface area contributed by atoms with Crippen molar-refractivity contribution in [2.45, 2.75) is 36.7 Å². The van der Waals surface area contributed by atoms with Crippen molar-refractivity contribution in [2.24, 2.45) is 5.73 Å². The van der Waals surface area contributed by atoms with Crippen molar-refractivity contribution >= 4 is 26.0 Å². The Labute approximate surface area is 114 Å². The van der Waals surface area contributed by atoms with Gasteiger partial charge in [-0.3, -0.25) is 0 Å². The summed E-state index contributed by atoms with van der Waals surface area (Å²) in [6.07, 6.45) is 2.61. The van der Waals surface area contributed by atoms with Gasteiger partial charge in [-0.25, -0.2) is 17.5 Å². The molecule has 1 aliphatic rings. The molecule has 0 atom stereocenters. The Balaban J connectivity index is 2.39. The van der Waals surface area contributed by atoms with Crippen LogP contribution in [0.5, 0.6) is 0 Å². The van der Waals surface area contributed by atoms with E-state index in [1.807, 2.05) is 0 Å².